The summed E-state index contributed by atoms with van der Waals surface area (Å²) in [4.78, 5) is 25.2. The third-order valence-electron chi connectivity index (χ3n) is 4.06. The molecule has 2 amide bonds. The monoisotopic (exact) mass is 362 g/mol. The van der Waals surface area contributed by atoms with Crippen molar-refractivity contribution in [1.29, 1.82) is 0 Å². The van der Waals surface area contributed by atoms with Gasteiger partial charge in [-0.15, -0.1) is 0 Å². The summed E-state index contributed by atoms with van der Waals surface area (Å²) < 4.78 is 0. The quantitative estimate of drug-likeness (QED) is 0.422. The molecule has 0 aliphatic heterocycles. The van der Waals surface area contributed by atoms with E-state index in [1.807, 2.05) is 51.1 Å². The van der Waals surface area contributed by atoms with Crippen molar-refractivity contribution >= 4 is 11.8 Å². The Labute approximate surface area is 157 Å². The Morgan fingerprint density at radius 3 is 2.31 bits per heavy atom. The van der Waals surface area contributed by atoms with Crippen LogP contribution >= 0.6 is 0 Å². The zero-order valence-corrected chi connectivity index (χ0v) is 16.3. The highest BCUT2D eigenvalue weighted by molar-refractivity contribution is 5.90. The van der Waals surface area contributed by atoms with E-state index >= 15 is 0 Å². The molecule has 0 aliphatic carbocycles. The average molecular weight is 363 g/mol. The second-order valence-electron chi connectivity index (χ2n) is 6.80. The van der Waals surface area contributed by atoms with Crippen LogP contribution in [0, 0.1) is 0 Å². The van der Waals surface area contributed by atoms with Crippen molar-refractivity contribution < 1.29 is 9.59 Å². The highest BCUT2D eigenvalue weighted by Gasteiger charge is 2.25. The Balaban J connectivity index is 2.80. The number of nitrogens with one attached hydrogen (secondary N) is 3. The molecule has 0 heterocycles. The van der Waals surface area contributed by atoms with Crippen LogP contribution in [0.3, 0.4) is 0 Å². The van der Waals surface area contributed by atoms with E-state index in [-0.39, 0.29) is 23.9 Å². The van der Waals surface area contributed by atoms with Crippen molar-refractivity contribution in [2.45, 2.75) is 64.6 Å². The predicted molar refractivity (Wildman–Crippen MR) is 106 cm³/mol. The van der Waals surface area contributed by atoms with Crippen molar-refractivity contribution in [2.24, 2.45) is 5.73 Å². The highest BCUT2D eigenvalue weighted by Crippen LogP contribution is 2.06. The molecule has 1 aromatic carbocycles. The second-order valence-corrected chi connectivity index (χ2v) is 6.80. The van der Waals surface area contributed by atoms with Gasteiger partial charge in [0.2, 0.25) is 11.8 Å². The van der Waals surface area contributed by atoms with Crippen molar-refractivity contribution in [3.8, 4) is 0 Å². The van der Waals surface area contributed by atoms with E-state index in [0.717, 1.165) is 18.4 Å². The molecule has 26 heavy (non-hydrogen) atoms. The Kier molecular flexibility index (Phi) is 10.6. The summed E-state index contributed by atoms with van der Waals surface area (Å²) in [5.74, 6) is -0.294. The molecule has 146 valence electrons. The van der Waals surface area contributed by atoms with Gasteiger partial charge in [-0.3, -0.25) is 9.59 Å². The van der Waals surface area contributed by atoms with Crippen LogP contribution in [0.25, 0.3) is 0 Å². The molecule has 0 spiro atoms. The van der Waals surface area contributed by atoms with Crippen LogP contribution in [-0.2, 0) is 16.0 Å². The lowest BCUT2D eigenvalue weighted by Gasteiger charge is -2.24. The molecular formula is C20H34N4O2. The summed E-state index contributed by atoms with van der Waals surface area (Å²) in [5.41, 5.74) is 6.57. The lowest BCUT2D eigenvalue weighted by molar-refractivity contribution is -0.130. The van der Waals surface area contributed by atoms with E-state index in [4.69, 9.17) is 5.73 Å². The fraction of sp³-hybridized carbons (Fsp3) is 0.600. The fourth-order valence-corrected chi connectivity index (χ4v) is 2.81. The van der Waals surface area contributed by atoms with Crippen molar-refractivity contribution in [3.63, 3.8) is 0 Å². The van der Waals surface area contributed by atoms with E-state index in [1.165, 1.54) is 0 Å². The number of likely N-dealkylation sites (N-methyl/N-ethyl adjacent to an activating group) is 1. The smallest absolute Gasteiger partial charge is 0.242 e. The molecule has 0 radical (unpaired) electrons. The van der Waals surface area contributed by atoms with Crippen LogP contribution in [0.4, 0.5) is 0 Å². The Bertz CT molecular complexity index is 534. The second kappa shape index (κ2) is 12.4. The number of amides is 2. The minimum Gasteiger partial charge on any atom is -0.355 e. The summed E-state index contributed by atoms with van der Waals surface area (Å²) in [6, 6.07) is 8.99. The number of unbranched alkanes of at least 4 members (excludes halogenated alkanes) is 1. The van der Waals surface area contributed by atoms with Crippen LogP contribution in [0.1, 0.15) is 45.6 Å². The van der Waals surface area contributed by atoms with Gasteiger partial charge in [-0.25, -0.2) is 0 Å². The molecule has 6 nitrogen and oxygen atoms in total. The molecular weight excluding hydrogens is 328 g/mol. The summed E-state index contributed by atoms with van der Waals surface area (Å²) in [6.45, 7) is 7.04. The number of nitrogens with two attached hydrogens (primary N) is 1. The molecule has 0 bridgehead atoms. The number of hydrogen-bond donors (Lipinski definition) is 4. The molecule has 0 aliphatic rings. The topological polar surface area (TPSA) is 96.2 Å². The minimum absolute atomic E-state index is 0.136. The SMILES string of the molecule is CCNC(=O)C(Cc1ccccc1)NC(=O)C(CCCCN)NC(C)C. The molecule has 0 aromatic heterocycles. The average Bonchev–Trinajstić information content (AvgIpc) is 2.61. The van der Waals surface area contributed by atoms with Gasteiger partial charge in [-0.1, -0.05) is 50.6 Å². The van der Waals surface area contributed by atoms with Crippen molar-refractivity contribution in [2.75, 3.05) is 13.1 Å². The summed E-state index contributed by atoms with van der Waals surface area (Å²) in [7, 11) is 0. The number of hydrogen-bond acceptors (Lipinski definition) is 4. The maximum atomic E-state index is 12.8. The van der Waals surface area contributed by atoms with E-state index < -0.39 is 6.04 Å². The first-order valence-electron chi connectivity index (χ1n) is 9.56. The van der Waals surface area contributed by atoms with Gasteiger partial charge in [0.25, 0.3) is 0 Å². The van der Waals surface area contributed by atoms with Gasteiger partial charge < -0.3 is 21.7 Å². The van der Waals surface area contributed by atoms with Crippen LogP contribution in [0.15, 0.2) is 30.3 Å². The Hall–Kier alpha value is -1.92. The van der Waals surface area contributed by atoms with Crippen LogP contribution in [-0.4, -0.2) is 43.0 Å². The zero-order valence-electron chi connectivity index (χ0n) is 16.3. The molecule has 0 saturated heterocycles. The van der Waals surface area contributed by atoms with E-state index in [0.29, 0.717) is 25.9 Å². The summed E-state index contributed by atoms with van der Waals surface area (Å²) in [5, 5.41) is 9.04. The number of benzene rings is 1. The largest absolute Gasteiger partial charge is 0.355 e. The number of carbonyl (C=O) groups excluding carboxylic acids is 2. The first-order chi connectivity index (χ1) is 12.5. The number of carbonyl (C=O) groups is 2. The van der Waals surface area contributed by atoms with E-state index in [2.05, 4.69) is 16.0 Å². The minimum atomic E-state index is -0.587. The van der Waals surface area contributed by atoms with Crippen molar-refractivity contribution in [3.05, 3.63) is 35.9 Å². The first kappa shape index (κ1) is 22.1. The van der Waals surface area contributed by atoms with E-state index in [9.17, 15) is 9.59 Å². The van der Waals surface area contributed by atoms with Gasteiger partial charge in [0, 0.05) is 19.0 Å². The molecule has 1 aromatic rings. The van der Waals surface area contributed by atoms with Gasteiger partial charge in [0.1, 0.15) is 6.04 Å². The van der Waals surface area contributed by atoms with Crippen LogP contribution in [0.2, 0.25) is 0 Å². The highest BCUT2D eigenvalue weighted by atomic mass is 16.2. The summed E-state index contributed by atoms with van der Waals surface area (Å²) >= 11 is 0. The maximum absolute atomic E-state index is 12.8. The molecule has 6 heteroatoms. The first-order valence-corrected chi connectivity index (χ1v) is 9.56. The van der Waals surface area contributed by atoms with Gasteiger partial charge in [0.05, 0.1) is 6.04 Å². The normalized spacial score (nSPS) is 13.3. The molecule has 0 fully saturated rings. The third kappa shape index (κ3) is 8.45. The number of rotatable bonds is 12. The molecule has 2 atom stereocenters. The van der Waals surface area contributed by atoms with Crippen LogP contribution < -0.4 is 21.7 Å². The van der Waals surface area contributed by atoms with Gasteiger partial charge in [-0.05, 0) is 31.9 Å². The fourth-order valence-electron chi connectivity index (χ4n) is 2.81. The standard InChI is InChI=1S/C20H34N4O2/c1-4-22-19(25)18(14-16-10-6-5-7-11-16)24-20(26)17(23-15(2)3)12-8-9-13-21/h5-7,10-11,15,17-18,23H,4,8-9,12-14,21H2,1-3H3,(H,22,25)(H,24,26). The van der Waals surface area contributed by atoms with Gasteiger partial charge in [-0.2, -0.15) is 0 Å². The lowest BCUT2D eigenvalue weighted by atomic mass is 10.0. The lowest BCUT2D eigenvalue weighted by Crippen LogP contribution is -2.54. The maximum Gasteiger partial charge on any atom is 0.242 e. The molecule has 0 saturated carbocycles. The molecule has 5 N–H and O–H groups in total. The van der Waals surface area contributed by atoms with E-state index in [1.54, 1.807) is 0 Å². The molecule has 1 rings (SSSR count). The molecule has 2 unspecified atom stereocenters. The third-order valence-corrected chi connectivity index (χ3v) is 4.06. The predicted octanol–water partition coefficient (Wildman–Crippen LogP) is 1.35. The zero-order chi connectivity index (χ0) is 19.4. The van der Waals surface area contributed by atoms with Crippen molar-refractivity contribution in [1.82, 2.24) is 16.0 Å². The van der Waals surface area contributed by atoms with Gasteiger partial charge in [0.15, 0.2) is 0 Å². The van der Waals surface area contributed by atoms with Crippen LogP contribution in [0.5, 0.6) is 0 Å². The Morgan fingerprint density at radius 1 is 1.04 bits per heavy atom. The summed E-state index contributed by atoms with van der Waals surface area (Å²) in [6.07, 6.45) is 2.93. The van der Waals surface area contributed by atoms with Gasteiger partial charge >= 0.3 is 0 Å². The Morgan fingerprint density at radius 2 is 1.73 bits per heavy atom.